The summed E-state index contributed by atoms with van der Waals surface area (Å²) in [5.41, 5.74) is 11.6. The number of likely N-dealkylation sites (tertiary alicyclic amines) is 1. The first-order valence-corrected chi connectivity index (χ1v) is 7.64. The van der Waals surface area contributed by atoms with E-state index in [0.29, 0.717) is 38.2 Å². The number of nitrogen functional groups attached to an aromatic ring is 1. The fourth-order valence-corrected chi connectivity index (χ4v) is 2.79. The molecule has 4 N–H and O–H groups in total. The van der Waals surface area contributed by atoms with Crippen molar-refractivity contribution in [3.05, 3.63) is 11.4 Å². The van der Waals surface area contributed by atoms with Gasteiger partial charge < -0.3 is 16.2 Å². The van der Waals surface area contributed by atoms with Crippen molar-refractivity contribution in [2.24, 2.45) is 11.7 Å². The van der Waals surface area contributed by atoms with Crippen LogP contribution in [-0.2, 0) is 16.1 Å². The van der Waals surface area contributed by atoms with E-state index in [2.05, 4.69) is 30.2 Å². The number of hydrogen-bond acceptors (Lipinski definition) is 10. The average Bonchev–Trinajstić information content (AvgIpc) is 3.20. The lowest BCUT2D eigenvalue weighted by Gasteiger charge is -2.30. The molecule has 0 atom stereocenters. The predicted molar refractivity (Wildman–Crippen MR) is 82.2 cm³/mol. The summed E-state index contributed by atoms with van der Waals surface area (Å²) >= 11 is 0. The Morgan fingerprint density at radius 3 is 2.60 bits per heavy atom. The van der Waals surface area contributed by atoms with E-state index in [-0.39, 0.29) is 29.2 Å². The number of hydrogen-bond donors (Lipinski definition) is 2. The summed E-state index contributed by atoms with van der Waals surface area (Å²) in [6.45, 7) is 1.63. The van der Waals surface area contributed by atoms with Crippen LogP contribution in [0.25, 0.3) is 5.82 Å². The maximum absolute atomic E-state index is 12.0. The first kappa shape index (κ1) is 16.8. The molecule has 0 radical (unpaired) electrons. The Morgan fingerprint density at radius 2 is 2.04 bits per heavy atom. The van der Waals surface area contributed by atoms with Gasteiger partial charge in [0.2, 0.25) is 17.5 Å². The summed E-state index contributed by atoms with van der Waals surface area (Å²) in [4.78, 5) is 25.3. The number of methoxy groups -OCH3 is 1. The molecule has 0 unspecified atom stereocenters. The van der Waals surface area contributed by atoms with Gasteiger partial charge in [-0.15, -0.1) is 5.10 Å². The van der Waals surface area contributed by atoms with Gasteiger partial charge >= 0.3 is 5.97 Å². The van der Waals surface area contributed by atoms with Crippen LogP contribution in [0.1, 0.15) is 29.0 Å². The molecule has 1 amide bonds. The molecule has 25 heavy (non-hydrogen) atoms. The number of carbonyl (C=O) groups excluding carboxylic acids is 2. The van der Waals surface area contributed by atoms with Gasteiger partial charge in [-0.25, -0.2) is 9.42 Å². The second kappa shape index (κ2) is 6.84. The number of nitrogens with two attached hydrogens (primary N) is 2. The van der Waals surface area contributed by atoms with Crippen molar-refractivity contribution in [3.63, 3.8) is 0 Å². The zero-order valence-electron chi connectivity index (χ0n) is 13.6. The fourth-order valence-electron chi connectivity index (χ4n) is 2.79. The van der Waals surface area contributed by atoms with E-state index in [4.69, 9.17) is 16.2 Å². The van der Waals surface area contributed by atoms with Gasteiger partial charge in [0.1, 0.15) is 0 Å². The zero-order valence-corrected chi connectivity index (χ0v) is 13.6. The molecule has 0 saturated carbocycles. The molecule has 12 nitrogen and oxygen atoms in total. The Hall–Kier alpha value is -3.02. The third-order valence-electron chi connectivity index (χ3n) is 4.20. The Morgan fingerprint density at radius 1 is 1.32 bits per heavy atom. The number of rotatable bonds is 5. The quantitative estimate of drug-likeness (QED) is 0.619. The molecule has 1 aliphatic heterocycles. The van der Waals surface area contributed by atoms with Gasteiger partial charge in [-0.05, 0) is 36.2 Å². The molecular formula is C13H18N8O4. The first-order valence-electron chi connectivity index (χ1n) is 7.64. The number of anilines is 1. The lowest BCUT2D eigenvalue weighted by atomic mass is 9.96. The highest BCUT2D eigenvalue weighted by Crippen LogP contribution is 2.22. The van der Waals surface area contributed by atoms with Crippen molar-refractivity contribution in [1.82, 2.24) is 30.2 Å². The summed E-state index contributed by atoms with van der Waals surface area (Å²) in [6.07, 6.45) is 1.30. The number of carbonyl (C=O) groups is 2. The van der Waals surface area contributed by atoms with Crippen LogP contribution in [0.15, 0.2) is 4.63 Å². The fraction of sp³-hybridized carbons (Fsp3) is 0.538. The molecular weight excluding hydrogens is 332 g/mol. The highest BCUT2D eigenvalue weighted by Gasteiger charge is 2.28. The lowest BCUT2D eigenvalue weighted by Crippen LogP contribution is -2.38. The molecule has 1 saturated heterocycles. The number of nitrogens with zero attached hydrogens (tertiary/aromatic N) is 6. The number of piperidine rings is 1. The van der Waals surface area contributed by atoms with Crippen LogP contribution in [0.2, 0.25) is 0 Å². The van der Waals surface area contributed by atoms with Crippen molar-refractivity contribution >= 4 is 17.7 Å². The molecule has 0 aromatic carbocycles. The van der Waals surface area contributed by atoms with Crippen LogP contribution in [0.3, 0.4) is 0 Å². The maximum atomic E-state index is 12.0. The number of ether oxygens (including phenoxy) is 1. The third kappa shape index (κ3) is 3.28. The van der Waals surface area contributed by atoms with Gasteiger partial charge in [-0.1, -0.05) is 5.21 Å². The SMILES string of the molecule is COC(=O)c1nnn(-c2nonc2N)c1CN1CCC(C(N)=O)CC1. The summed E-state index contributed by atoms with van der Waals surface area (Å²) in [5.74, 6) is -0.874. The minimum Gasteiger partial charge on any atom is -0.464 e. The molecule has 134 valence electrons. The van der Waals surface area contributed by atoms with Crippen LogP contribution in [0.4, 0.5) is 5.82 Å². The van der Waals surface area contributed by atoms with E-state index >= 15 is 0 Å². The Kier molecular flexibility index (Phi) is 4.61. The van der Waals surface area contributed by atoms with Gasteiger partial charge in [0.25, 0.3) is 0 Å². The van der Waals surface area contributed by atoms with Gasteiger partial charge in [0.05, 0.1) is 12.8 Å². The van der Waals surface area contributed by atoms with Crippen LogP contribution < -0.4 is 11.5 Å². The Labute approximate surface area is 142 Å². The van der Waals surface area contributed by atoms with Crippen LogP contribution in [0.5, 0.6) is 0 Å². The normalized spacial score (nSPS) is 16.0. The second-order valence-corrected chi connectivity index (χ2v) is 5.71. The molecule has 12 heteroatoms. The topological polar surface area (TPSA) is 168 Å². The van der Waals surface area contributed by atoms with Gasteiger partial charge in [0.15, 0.2) is 5.69 Å². The van der Waals surface area contributed by atoms with E-state index in [1.165, 1.54) is 11.8 Å². The van der Waals surface area contributed by atoms with Gasteiger partial charge in [-0.3, -0.25) is 9.69 Å². The highest BCUT2D eigenvalue weighted by molar-refractivity contribution is 5.88. The molecule has 0 spiro atoms. The number of aromatic nitrogens is 5. The van der Waals surface area contributed by atoms with E-state index in [1.54, 1.807) is 0 Å². The lowest BCUT2D eigenvalue weighted by molar-refractivity contribution is -0.123. The second-order valence-electron chi connectivity index (χ2n) is 5.71. The van der Waals surface area contributed by atoms with Crippen molar-refractivity contribution < 1.29 is 19.0 Å². The number of esters is 1. The standard InChI is InChI=1S/C13H18N8O4/c1-24-13(23)9-8(6-20-4-2-7(3-5-20)11(15)22)21(19-16-9)12-10(14)17-25-18-12/h7H,2-6H2,1H3,(H2,14,17)(H2,15,22). The third-order valence-corrected chi connectivity index (χ3v) is 4.20. The minimum absolute atomic E-state index is 0.0232. The Bertz CT molecular complexity index is 777. The number of amides is 1. The number of primary amides is 1. The van der Waals surface area contributed by atoms with E-state index in [0.717, 1.165) is 0 Å². The largest absolute Gasteiger partial charge is 0.464 e. The molecule has 2 aromatic rings. The molecule has 1 aliphatic rings. The summed E-state index contributed by atoms with van der Waals surface area (Å²) in [7, 11) is 1.26. The van der Waals surface area contributed by atoms with E-state index < -0.39 is 5.97 Å². The first-order chi connectivity index (χ1) is 12.0. The van der Waals surface area contributed by atoms with E-state index in [9.17, 15) is 9.59 Å². The predicted octanol–water partition coefficient (Wildman–Crippen LogP) is -1.28. The smallest absolute Gasteiger partial charge is 0.360 e. The Balaban J connectivity index is 1.86. The van der Waals surface area contributed by atoms with Crippen molar-refractivity contribution in [2.45, 2.75) is 19.4 Å². The average molecular weight is 350 g/mol. The van der Waals surface area contributed by atoms with Crippen molar-refractivity contribution in [2.75, 3.05) is 25.9 Å². The molecule has 0 bridgehead atoms. The van der Waals surface area contributed by atoms with Crippen molar-refractivity contribution in [1.29, 1.82) is 0 Å². The minimum atomic E-state index is -0.622. The zero-order chi connectivity index (χ0) is 18.0. The molecule has 2 aromatic heterocycles. The summed E-state index contributed by atoms with van der Waals surface area (Å²) in [6, 6.07) is 0. The van der Waals surface area contributed by atoms with E-state index in [1.807, 2.05) is 0 Å². The molecule has 0 aliphatic carbocycles. The molecule has 3 heterocycles. The van der Waals surface area contributed by atoms with Gasteiger partial charge in [0, 0.05) is 12.5 Å². The van der Waals surface area contributed by atoms with Crippen LogP contribution in [-0.4, -0.2) is 62.3 Å². The molecule has 3 rings (SSSR count). The van der Waals surface area contributed by atoms with Crippen LogP contribution in [0, 0.1) is 5.92 Å². The summed E-state index contributed by atoms with van der Waals surface area (Å²) in [5, 5.41) is 15.0. The van der Waals surface area contributed by atoms with Crippen molar-refractivity contribution in [3.8, 4) is 5.82 Å². The van der Waals surface area contributed by atoms with Gasteiger partial charge in [-0.2, -0.15) is 4.68 Å². The highest BCUT2D eigenvalue weighted by atomic mass is 16.6. The molecule has 1 fully saturated rings. The van der Waals surface area contributed by atoms with Crippen LogP contribution >= 0.6 is 0 Å². The monoisotopic (exact) mass is 350 g/mol. The summed E-state index contributed by atoms with van der Waals surface area (Å²) < 4.78 is 10.6. The maximum Gasteiger partial charge on any atom is 0.360 e.